The van der Waals surface area contributed by atoms with Crippen LogP contribution in [0.4, 0.5) is 0 Å². The SMILES string of the molecule is NC(=O)c1cccc(-c2nccnc2C2CCCN(C3CCOCC3)C2)c1. The number of carbonyl (C=O) groups is 1. The van der Waals surface area contributed by atoms with E-state index in [0.717, 1.165) is 62.5 Å². The number of nitrogens with zero attached hydrogens (tertiary/aromatic N) is 3. The van der Waals surface area contributed by atoms with Gasteiger partial charge in [0.15, 0.2) is 0 Å². The molecule has 0 aliphatic carbocycles. The van der Waals surface area contributed by atoms with E-state index < -0.39 is 5.91 Å². The first kappa shape index (κ1) is 18.1. The van der Waals surface area contributed by atoms with E-state index in [1.807, 2.05) is 18.2 Å². The average molecular weight is 366 g/mol. The van der Waals surface area contributed by atoms with Gasteiger partial charge in [-0.25, -0.2) is 0 Å². The van der Waals surface area contributed by atoms with Crippen LogP contribution in [-0.2, 0) is 4.74 Å². The van der Waals surface area contributed by atoms with Crippen LogP contribution in [0.1, 0.15) is 47.7 Å². The first-order chi connectivity index (χ1) is 13.2. The summed E-state index contributed by atoms with van der Waals surface area (Å²) < 4.78 is 5.52. The molecule has 0 bridgehead atoms. The molecule has 0 spiro atoms. The van der Waals surface area contributed by atoms with Gasteiger partial charge in [0.2, 0.25) is 5.91 Å². The zero-order chi connectivity index (χ0) is 18.6. The Hall–Kier alpha value is -2.31. The summed E-state index contributed by atoms with van der Waals surface area (Å²) in [4.78, 5) is 23.5. The number of nitrogens with two attached hydrogens (primary N) is 1. The molecule has 2 saturated heterocycles. The Morgan fingerprint density at radius 1 is 1.15 bits per heavy atom. The van der Waals surface area contributed by atoms with Crippen LogP contribution in [0.15, 0.2) is 36.7 Å². The van der Waals surface area contributed by atoms with Gasteiger partial charge in [0.05, 0.1) is 11.4 Å². The monoisotopic (exact) mass is 366 g/mol. The molecule has 1 amide bonds. The van der Waals surface area contributed by atoms with Crippen molar-refractivity contribution in [1.29, 1.82) is 0 Å². The normalized spacial score (nSPS) is 21.9. The third kappa shape index (κ3) is 4.01. The van der Waals surface area contributed by atoms with Crippen molar-refractivity contribution in [3.63, 3.8) is 0 Å². The maximum absolute atomic E-state index is 11.6. The van der Waals surface area contributed by atoms with E-state index in [2.05, 4.69) is 9.88 Å². The van der Waals surface area contributed by atoms with Gasteiger partial charge < -0.3 is 10.5 Å². The molecular weight excluding hydrogens is 340 g/mol. The van der Waals surface area contributed by atoms with Crippen LogP contribution in [0.2, 0.25) is 0 Å². The van der Waals surface area contributed by atoms with Gasteiger partial charge in [-0.2, -0.15) is 0 Å². The second-order valence-corrected chi connectivity index (χ2v) is 7.41. The number of piperidine rings is 1. The first-order valence-electron chi connectivity index (χ1n) is 9.75. The lowest BCUT2D eigenvalue weighted by molar-refractivity contribution is 0.0238. The molecule has 0 saturated carbocycles. The number of hydrogen-bond acceptors (Lipinski definition) is 5. The molecule has 1 unspecified atom stereocenters. The fraction of sp³-hybridized carbons (Fsp3) is 0.476. The van der Waals surface area contributed by atoms with E-state index in [9.17, 15) is 4.79 Å². The van der Waals surface area contributed by atoms with Gasteiger partial charge in [0, 0.05) is 55.2 Å². The van der Waals surface area contributed by atoms with E-state index in [4.69, 9.17) is 15.5 Å². The van der Waals surface area contributed by atoms with Gasteiger partial charge in [-0.05, 0) is 44.4 Å². The van der Waals surface area contributed by atoms with Crippen molar-refractivity contribution in [2.75, 3.05) is 26.3 Å². The van der Waals surface area contributed by atoms with Crippen LogP contribution in [0.25, 0.3) is 11.3 Å². The van der Waals surface area contributed by atoms with E-state index >= 15 is 0 Å². The lowest BCUT2D eigenvalue weighted by Gasteiger charge is -2.40. The van der Waals surface area contributed by atoms with Crippen LogP contribution >= 0.6 is 0 Å². The molecular formula is C21H26N4O2. The number of rotatable bonds is 4. The average Bonchev–Trinajstić information content (AvgIpc) is 2.74. The highest BCUT2D eigenvalue weighted by atomic mass is 16.5. The predicted molar refractivity (Wildman–Crippen MR) is 103 cm³/mol. The van der Waals surface area contributed by atoms with E-state index in [-0.39, 0.29) is 0 Å². The Morgan fingerprint density at radius 3 is 2.78 bits per heavy atom. The largest absolute Gasteiger partial charge is 0.381 e. The number of ether oxygens (including phenoxy) is 1. The summed E-state index contributed by atoms with van der Waals surface area (Å²) in [5.41, 5.74) is 8.73. The summed E-state index contributed by atoms with van der Waals surface area (Å²) in [5, 5.41) is 0. The minimum absolute atomic E-state index is 0.350. The molecule has 0 radical (unpaired) electrons. The number of benzene rings is 1. The topological polar surface area (TPSA) is 81.3 Å². The van der Waals surface area contributed by atoms with Gasteiger partial charge in [-0.15, -0.1) is 0 Å². The summed E-state index contributed by atoms with van der Waals surface area (Å²) in [6.07, 6.45) is 7.99. The molecule has 6 nitrogen and oxygen atoms in total. The third-order valence-electron chi connectivity index (χ3n) is 5.69. The second kappa shape index (κ2) is 8.15. The Kier molecular flexibility index (Phi) is 5.45. The second-order valence-electron chi connectivity index (χ2n) is 7.41. The maximum Gasteiger partial charge on any atom is 0.248 e. The molecule has 1 atom stereocenters. The molecule has 2 fully saturated rings. The first-order valence-corrected chi connectivity index (χ1v) is 9.75. The number of aromatic nitrogens is 2. The smallest absolute Gasteiger partial charge is 0.248 e. The number of likely N-dealkylation sites (tertiary alicyclic amines) is 1. The molecule has 4 rings (SSSR count). The fourth-order valence-corrected chi connectivity index (χ4v) is 4.30. The van der Waals surface area contributed by atoms with E-state index in [1.54, 1.807) is 18.5 Å². The molecule has 1 aromatic carbocycles. The quantitative estimate of drug-likeness (QED) is 0.899. The molecule has 142 valence electrons. The summed E-state index contributed by atoms with van der Waals surface area (Å²) in [7, 11) is 0. The summed E-state index contributed by atoms with van der Waals surface area (Å²) in [6.45, 7) is 3.88. The molecule has 2 N–H and O–H groups in total. The zero-order valence-corrected chi connectivity index (χ0v) is 15.5. The summed E-state index contributed by atoms with van der Waals surface area (Å²) in [5.74, 6) is -0.0758. The van der Waals surface area contributed by atoms with Crippen LogP contribution in [0.3, 0.4) is 0 Å². The van der Waals surface area contributed by atoms with Crippen LogP contribution in [0, 0.1) is 0 Å². The minimum atomic E-state index is -0.425. The van der Waals surface area contributed by atoms with Crippen molar-refractivity contribution >= 4 is 5.91 Å². The summed E-state index contributed by atoms with van der Waals surface area (Å²) >= 11 is 0. The van der Waals surface area contributed by atoms with Crippen molar-refractivity contribution < 1.29 is 9.53 Å². The highest BCUT2D eigenvalue weighted by molar-refractivity contribution is 5.94. The van der Waals surface area contributed by atoms with E-state index in [0.29, 0.717) is 17.5 Å². The van der Waals surface area contributed by atoms with Crippen molar-refractivity contribution in [3.8, 4) is 11.3 Å². The third-order valence-corrected chi connectivity index (χ3v) is 5.69. The Balaban J connectivity index is 1.60. The van der Waals surface area contributed by atoms with E-state index in [1.165, 1.54) is 6.42 Å². The molecule has 2 aromatic rings. The number of carbonyl (C=O) groups excluding carboxylic acids is 1. The number of hydrogen-bond donors (Lipinski definition) is 1. The van der Waals surface area contributed by atoms with Gasteiger partial charge in [0.25, 0.3) is 0 Å². The van der Waals surface area contributed by atoms with Crippen molar-refractivity contribution in [3.05, 3.63) is 47.9 Å². The van der Waals surface area contributed by atoms with Crippen LogP contribution in [0.5, 0.6) is 0 Å². The van der Waals surface area contributed by atoms with Crippen molar-refractivity contribution in [2.45, 2.75) is 37.6 Å². The zero-order valence-electron chi connectivity index (χ0n) is 15.5. The molecule has 6 heteroatoms. The molecule has 1 aromatic heterocycles. The van der Waals surface area contributed by atoms with Crippen molar-refractivity contribution in [2.24, 2.45) is 5.73 Å². The lowest BCUT2D eigenvalue weighted by Crippen LogP contribution is -2.44. The molecule has 3 heterocycles. The minimum Gasteiger partial charge on any atom is -0.381 e. The highest BCUT2D eigenvalue weighted by Crippen LogP contribution is 2.33. The summed E-state index contributed by atoms with van der Waals surface area (Å²) in [6, 6.07) is 7.98. The van der Waals surface area contributed by atoms with Gasteiger partial charge in [-0.1, -0.05) is 12.1 Å². The fourth-order valence-electron chi connectivity index (χ4n) is 4.30. The van der Waals surface area contributed by atoms with Gasteiger partial charge in [-0.3, -0.25) is 19.7 Å². The Bertz CT molecular complexity index is 804. The van der Waals surface area contributed by atoms with Gasteiger partial charge in [0.1, 0.15) is 0 Å². The lowest BCUT2D eigenvalue weighted by atomic mass is 9.89. The molecule has 27 heavy (non-hydrogen) atoms. The van der Waals surface area contributed by atoms with Crippen molar-refractivity contribution in [1.82, 2.24) is 14.9 Å². The maximum atomic E-state index is 11.6. The Labute approximate surface area is 159 Å². The Morgan fingerprint density at radius 2 is 1.96 bits per heavy atom. The number of amides is 1. The number of primary amides is 1. The van der Waals surface area contributed by atoms with Crippen LogP contribution in [-0.4, -0.2) is 53.1 Å². The molecule has 2 aliphatic heterocycles. The highest BCUT2D eigenvalue weighted by Gasteiger charge is 2.30. The standard InChI is InChI=1S/C21H26N4O2/c22-21(26)16-4-1-3-15(13-16)19-20(24-9-8-23-19)17-5-2-10-25(14-17)18-6-11-27-12-7-18/h1,3-4,8-9,13,17-18H,2,5-7,10-12,14H2,(H2,22,26). The molecule has 2 aliphatic rings. The van der Waals surface area contributed by atoms with Crippen LogP contribution < -0.4 is 5.73 Å². The predicted octanol–water partition coefficient (Wildman–Crippen LogP) is 2.60. The van der Waals surface area contributed by atoms with Gasteiger partial charge >= 0.3 is 0 Å².